The number of ether oxygens (including phenoxy) is 1. The molecule has 4 nitrogen and oxygen atoms in total. The second-order valence-electron chi connectivity index (χ2n) is 6.05. The number of benzene rings is 1. The lowest BCUT2D eigenvalue weighted by Gasteiger charge is -2.30. The van der Waals surface area contributed by atoms with Crippen LogP contribution in [0.5, 0.6) is 0 Å². The first-order valence-electron chi connectivity index (χ1n) is 7.84. The molecule has 1 aliphatic heterocycles. The number of piperidine rings is 1. The summed E-state index contributed by atoms with van der Waals surface area (Å²) in [7, 11) is 0. The quantitative estimate of drug-likeness (QED) is 0.593. The topological polar surface area (TPSA) is 46.6 Å². The van der Waals surface area contributed by atoms with Crippen LogP contribution in [0.15, 0.2) is 28.7 Å². The van der Waals surface area contributed by atoms with E-state index in [0.717, 1.165) is 41.5 Å². The van der Waals surface area contributed by atoms with Gasteiger partial charge in [0.2, 0.25) is 0 Å². The average Bonchev–Trinajstić information content (AvgIpc) is 2.51. The molecular weight excluding hydrogens is 358 g/mol. The van der Waals surface area contributed by atoms with Crippen LogP contribution < -0.4 is 0 Å². The van der Waals surface area contributed by atoms with Crippen LogP contribution >= 0.6 is 15.9 Å². The molecule has 0 bridgehead atoms. The number of amides is 1. The Morgan fingerprint density at radius 1 is 1.43 bits per heavy atom. The molecule has 1 aromatic carbocycles. The molecule has 1 saturated heterocycles. The molecule has 5 heteroatoms. The van der Waals surface area contributed by atoms with Crippen molar-refractivity contribution in [2.75, 3.05) is 19.7 Å². The highest BCUT2D eigenvalue weighted by Gasteiger charge is 2.21. The van der Waals surface area contributed by atoms with E-state index in [0.29, 0.717) is 5.92 Å². The van der Waals surface area contributed by atoms with E-state index in [4.69, 9.17) is 4.74 Å². The molecule has 0 N–H and O–H groups in total. The molecule has 0 spiro atoms. The Morgan fingerprint density at radius 2 is 2.22 bits per heavy atom. The van der Waals surface area contributed by atoms with E-state index in [1.54, 1.807) is 11.0 Å². The SMILES string of the molecule is Cc1ccc(/C=C/C(=O)OCC(=O)N2CCC[C@@H](C)C2)c(Br)c1. The first-order valence-corrected chi connectivity index (χ1v) is 8.64. The van der Waals surface area contributed by atoms with Gasteiger partial charge in [-0.25, -0.2) is 4.79 Å². The molecule has 0 aliphatic carbocycles. The van der Waals surface area contributed by atoms with Gasteiger partial charge in [0.15, 0.2) is 6.61 Å². The minimum Gasteiger partial charge on any atom is -0.452 e. The third kappa shape index (κ3) is 5.50. The van der Waals surface area contributed by atoms with Gasteiger partial charge in [-0.05, 0) is 49.0 Å². The predicted molar refractivity (Wildman–Crippen MR) is 93.9 cm³/mol. The highest BCUT2D eigenvalue weighted by molar-refractivity contribution is 9.10. The maximum absolute atomic E-state index is 12.0. The van der Waals surface area contributed by atoms with Gasteiger partial charge < -0.3 is 9.64 Å². The molecule has 1 fully saturated rings. The summed E-state index contributed by atoms with van der Waals surface area (Å²) in [6, 6.07) is 5.87. The Balaban J connectivity index is 1.82. The van der Waals surface area contributed by atoms with Gasteiger partial charge in [0.05, 0.1) is 0 Å². The number of likely N-dealkylation sites (tertiary alicyclic amines) is 1. The maximum atomic E-state index is 12.0. The second kappa shape index (κ2) is 8.29. The number of carbonyl (C=O) groups excluding carboxylic acids is 2. The van der Waals surface area contributed by atoms with E-state index in [-0.39, 0.29) is 12.5 Å². The molecule has 1 aromatic rings. The summed E-state index contributed by atoms with van der Waals surface area (Å²) < 4.78 is 5.96. The van der Waals surface area contributed by atoms with Gasteiger partial charge >= 0.3 is 5.97 Å². The smallest absolute Gasteiger partial charge is 0.331 e. The van der Waals surface area contributed by atoms with E-state index in [2.05, 4.69) is 22.9 Å². The van der Waals surface area contributed by atoms with Crippen LogP contribution in [-0.4, -0.2) is 36.5 Å². The largest absolute Gasteiger partial charge is 0.452 e. The summed E-state index contributed by atoms with van der Waals surface area (Å²) in [4.78, 5) is 25.6. The minimum atomic E-state index is -0.504. The predicted octanol–water partition coefficient (Wildman–Crippen LogP) is 3.57. The number of carbonyl (C=O) groups is 2. The third-order valence-corrected chi connectivity index (χ3v) is 4.59. The van der Waals surface area contributed by atoms with Gasteiger partial charge in [0.25, 0.3) is 5.91 Å². The normalized spacial score (nSPS) is 18.2. The first kappa shape index (κ1) is 17.7. The second-order valence-corrected chi connectivity index (χ2v) is 6.91. The number of rotatable bonds is 4. The lowest BCUT2D eigenvalue weighted by Crippen LogP contribution is -2.41. The van der Waals surface area contributed by atoms with Crippen molar-refractivity contribution in [3.63, 3.8) is 0 Å². The third-order valence-electron chi connectivity index (χ3n) is 3.90. The van der Waals surface area contributed by atoms with Crippen molar-refractivity contribution < 1.29 is 14.3 Å². The van der Waals surface area contributed by atoms with Crippen LogP contribution in [0, 0.1) is 12.8 Å². The molecule has 2 rings (SSSR count). The maximum Gasteiger partial charge on any atom is 0.331 e. The summed E-state index contributed by atoms with van der Waals surface area (Å²) in [6.07, 6.45) is 5.20. The Bertz CT molecular complexity index is 612. The fourth-order valence-electron chi connectivity index (χ4n) is 2.61. The highest BCUT2D eigenvalue weighted by Crippen LogP contribution is 2.19. The van der Waals surface area contributed by atoms with E-state index in [1.807, 2.05) is 25.1 Å². The van der Waals surface area contributed by atoms with Crippen molar-refractivity contribution in [2.24, 2.45) is 5.92 Å². The first-order chi connectivity index (χ1) is 11.0. The Kier molecular flexibility index (Phi) is 6.39. The van der Waals surface area contributed by atoms with Gasteiger partial charge in [0.1, 0.15) is 0 Å². The van der Waals surface area contributed by atoms with Crippen LogP contribution in [0.2, 0.25) is 0 Å². The molecule has 1 heterocycles. The summed E-state index contributed by atoms with van der Waals surface area (Å²) in [6.45, 7) is 5.45. The van der Waals surface area contributed by atoms with Crippen molar-refractivity contribution in [2.45, 2.75) is 26.7 Å². The van der Waals surface area contributed by atoms with Crippen molar-refractivity contribution in [1.82, 2.24) is 4.90 Å². The minimum absolute atomic E-state index is 0.116. The lowest BCUT2D eigenvalue weighted by atomic mass is 10.0. The lowest BCUT2D eigenvalue weighted by molar-refractivity contribution is -0.149. The molecule has 0 radical (unpaired) electrons. The number of aryl methyl sites for hydroxylation is 1. The van der Waals surface area contributed by atoms with Crippen molar-refractivity contribution in [3.05, 3.63) is 39.9 Å². The molecule has 1 aliphatic rings. The van der Waals surface area contributed by atoms with Crippen LogP contribution in [0.1, 0.15) is 30.9 Å². The van der Waals surface area contributed by atoms with Crippen LogP contribution in [-0.2, 0) is 14.3 Å². The van der Waals surface area contributed by atoms with Gasteiger partial charge in [-0.2, -0.15) is 0 Å². The molecule has 0 aromatic heterocycles. The summed E-state index contributed by atoms with van der Waals surface area (Å²) in [5.74, 6) is -0.104. The molecular formula is C18H22BrNO3. The zero-order chi connectivity index (χ0) is 16.8. The van der Waals surface area contributed by atoms with Crippen molar-refractivity contribution in [1.29, 1.82) is 0 Å². The Hall–Kier alpha value is -1.62. The number of nitrogens with zero attached hydrogens (tertiary/aromatic N) is 1. The average molecular weight is 380 g/mol. The fraction of sp³-hybridized carbons (Fsp3) is 0.444. The van der Waals surface area contributed by atoms with Crippen LogP contribution in [0.25, 0.3) is 6.08 Å². The van der Waals surface area contributed by atoms with Gasteiger partial charge in [-0.1, -0.05) is 35.0 Å². The Labute approximate surface area is 145 Å². The number of halogens is 1. The standard InChI is InChI=1S/C18H22BrNO3/c1-13-5-6-15(16(19)10-13)7-8-18(22)23-12-17(21)20-9-3-4-14(2)11-20/h5-8,10,14H,3-4,9,11-12H2,1-2H3/b8-7+/t14-/m1/s1. The molecule has 124 valence electrons. The molecule has 23 heavy (non-hydrogen) atoms. The highest BCUT2D eigenvalue weighted by atomic mass is 79.9. The number of esters is 1. The van der Waals surface area contributed by atoms with E-state index in [9.17, 15) is 9.59 Å². The fourth-order valence-corrected chi connectivity index (χ4v) is 3.24. The zero-order valence-electron chi connectivity index (χ0n) is 13.5. The molecule has 1 amide bonds. The molecule has 0 unspecified atom stereocenters. The Morgan fingerprint density at radius 3 is 2.91 bits per heavy atom. The molecule has 0 saturated carbocycles. The summed E-state index contributed by atoms with van der Waals surface area (Å²) >= 11 is 3.45. The van der Waals surface area contributed by atoms with Crippen LogP contribution in [0.4, 0.5) is 0 Å². The van der Waals surface area contributed by atoms with Gasteiger partial charge in [-0.15, -0.1) is 0 Å². The monoisotopic (exact) mass is 379 g/mol. The number of hydrogen-bond donors (Lipinski definition) is 0. The van der Waals surface area contributed by atoms with Crippen molar-refractivity contribution in [3.8, 4) is 0 Å². The molecule has 1 atom stereocenters. The zero-order valence-corrected chi connectivity index (χ0v) is 15.1. The van der Waals surface area contributed by atoms with Crippen LogP contribution in [0.3, 0.4) is 0 Å². The summed E-state index contributed by atoms with van der Waals surface area (Å²) in [5.41, 5.74) is 2.03. The van der Waals surface area contributed by atoms with Crippen molar-refractivity contribution >= 4 is 33.9 Å². The number of hydrogen-bond acceptors (Lipinski definition) is 3. The van der Waals surface area contributed by atoms with Gasteiger partial charge in [-0.3, -0.25) is 4.79 Å². The van der Waals surface area contributed by atoms with E-state index in [1.165, 1.54) is 6.08 Å². The van der Waals surface area contributed by atoms with E-state index < -0.39 is 5.97 Å². The van der Waals surface area contributed by atoms with Gasteiger partial charge in [0, 0.05) is 23.6 Å². The summed E-state index contributed by atoms with van der Waals surface area (Å²) in [5, 5.41) is 0. The van der Waals surface area contributed by atoms with E-state index >= 15 is 0 Å².